The zero-order valence-electron chi connectivity index (χ0n) is 17.0. The molecule has 1 aromatic carbocycles. The van der Waals surface area contributed by atoms with Gasteiger partial charge in [0.15, 0.2) is 5.82 Å². The minimum Gasteiger partial charge on any atom is -0.382 e. The number of nitrogen functional groups attached to an aromatic ring is 1. The van der Waals surface area contributed by atoms with Crippen molar-refractivity contribution in [1.29, 1.82) is 5.41 Å². The molecule has 0 bridgehead atoms. The van der Waals surface area contributed by atoms with Crippen molar-refractivity contribution in [3.63, 3.8) is 0 Å². The van der Waals surface area contributed by atoms with Gasteiger partial charge in [-0.2, -0.15) is 18.3 Å². The Kier molecular flexibility index (Phi) is 6.51. The molecule has 0 saturated carbocycles. The number of aromatic nitrogens is 3. The van der Waals surface area contributed by atoms with Crippen molar-refractivity contribution >= 4 is 23.4 Å². The van der Waals surface area contributed by atoms with Gasteiger partial charge in [0.1, 0.15) is 11.7 Å². The molecule has 0 aliphatic heterocycles. The van der Waals surface area contributed by atoms with Gasteiger partial charge in [0.25, 0.3) is 0 Å². The highest BCUT2D eigenvalue weighted by atomic mass is 19.4. The van der Waals surface area contributed by atoms with Crippen LogP contribution in [0.25, 0.3) is 11.1 Å². The van der Waals surface area contributed by atoms with E-state index in [0.717, 1.165) is 24.5 Å². The monoisotopic (exact) mass is 464 g/mol. The van der Waals surface area contributed by atoms with Crippen LogP contribution in [0.3, 0.4) is 0 Å². The van der Waals surface area contributed by atoms with E-state index in [2.05, 4.69) is 25.0 Å². The summed E-state index contributed by atoms with van der Waals surface area (Å²) in [6.07, 6.45) is -1.57. The summed E-state index contributed by atoms with van der Waals surface area (Å²) in [5, 5.41) is 11.4. The molecule has 0 amide bonds. The maximum Gasteiger partial charge on any atom is 0.451 e. The summed E-state index contributed by atoms with van der Waals surface area (Å²) in [4.78, 5) is 13.5. The standard InChI is InChI=1S/C20H17F5N8/c1-9(16(33-28)8-29-14-3-2-11(21)4-13(14)22)15-5-12(17(32-15)18(26)27)10-6-30-19(31-7-10)20(23,24)25/h2-9,32H,28H2,1H3,(H3,26,27). The van der Waals surface area contributed by atoms with Gasteiger partial charge in [-0.05, 0) is 18.2 Å². The molecule has 0 saturated heterocycles. The molecule has 8 nitrogen and oxygen atoms in total. The first-order valence-corrected chi connectivity index (χ1v) is 9.25. The van der Waals surface area contributed by atoms with Crippen molar-refractivity contribution in [2.24, 2.45) is 21.7 Å². The molecule has 0 radical (unpaired) electrons. The summed E-state index contributed by atoms with van der Waals surface area (Å²) in [5.74, 6) is 1.55. The summed E-state index contributed by atoms with van der Waals surface area (Å²) in [5.41, 5.74) is 6.70. The van der Waals surface area contributed by atoms with Crippen LogP contribution in [0.2, 0.25) is 0 Å². The van der Waals surface area contributed by atoms with Crippen LogP contribution < -0.4 is 11.6 Å². The third kappa shape index (κ3) is 5.19. The van der Waals surface area contributed by atoms with E-state index < -0.39 is 29.6 Å². The summed E-state index contributed by atoms with van der Waals surface area (Å²) < 4.78 is 65.1. The van der Waals surface area contributed by atoms with Crippen molar-refractivity contribution in [2.75, 3.05) is 0 Å². The number of rotatable bonds is 6. The van der Waals surface area contributed by atoms with Gasteiger partial charge in [-0.25, -0.2) is 18.7 Å². The molecule has 1 atom stereocenters. The molecule has 3 aromatic rings. The summed E-state index contributed by atoms with van der Waals surface area (Å²) in [6, 6.07) is 4.40. The topological polar surface area (TPSA) is 142 Å². The highest BCUT2D eigenvalue weighted by Crippen LogP contribution is 2.30. The Morgan fingerprint density at radius 1 is 1.18 bits per heavy atom. The van der Waals surface area contributed by atoms with E-state index >= 15 is 0 Å². The quantitative estimate of drug-likeness (QED) is 0.144. The zero-order chi connectivity index (χ0) is 24.3. The second-order valence-corrected chi connectivity index (χ2v) is 6.85. The van der Waals surface area contributed by atoms with Crippen LogP contribution in [0.5, 0.6) is 0 Å². The average Bonchev–Trinajstić information content (AvgIpc) is 3.20. The fourth-order valence-electron chi connectivity index (χ4n) is 2.90. The predicted octanol–water partition coefficient (Wildman–Crippen LogP) is 3.87. The third-order valence-corrected chi connectivity index (χ3v) is 4.63. The zero-order valence-corrected chi connectivity index (χ0v) is 17.0. The normalized spacial score (nSPS) is 13.5. The molecule has 0 spiro atoms. The molecule has 6 N–H and O–H groups in total. The van der Waals surface area contributed by atoms with Crippen molar-refractivity contribution in [3.05, 3.63) is 65.5 Å². The number of benzene rings is 1. The van der Waals surface area contributed by atoms with Crippen LogP contribution in [0, 0.1) is 17.0 Å². The summed E-state index contributed by atoms with van der Waals surface area (Å²) in [7, 11) is 0. The van der Waals surface area contributed by atoms with Gasteiger partial charge in [-0.1, -0.05) is 6.92 Å². The lowest BCUT2D eigenvalue weighted by molar-refractivity contribution is -0.144. The van der Waals surface area contributed by atoms with Crippen molar-refractivity contribution in [3.8, 4) is 11.1 Å². The number of hydrogen-bond acceptors (Lipinski definition) is 6. The number of nitrogens with one attached hydrogen (secondary N) is 2. The van der Waals surface area contributed by atoms with Crippen molar-refractivity contribution in [1.82, 2.24) is 15.0 Å². The lowest BCUT2D eigenvalue weighted by Gasteiger charge is -2.09. The number of halogens is 5. The second-order valence-electron chi connectivity index (χ2n) is 6.85. The molecule has 2 aromatic heterocycles. The maximum absolute atomic E-state index is 13.8. The fourth-order valence-corrected chi connectivity index (χ4v) is 2.90. The van der Waals surface area contributed by atoms with E-state index in [1.165, 1.54) is 12.3 Å². The number of aromatic amines is 1. The average molecular weight is 464 g/mol. The number of nitrogens with two attached hydrogens (primary N) is 2. The first-order valence-electron chi connectivity index (χ1n) is 9.25. The highest BCUT2D eigenvalue weighted by Gasteiger charge is 2.34. The lowest BCUT2D eigenvalue weighted by Crippen LogP contribution is -2.15. The van der Waals surface area contributed by atoms with Gasteiger partial charge in [0.05, 0.1) is 23.3 Å². The second kappa shape index (κ2) is 9.14. The molecular weight excluding hydrogens is 447 g/mol. The Bertz CT molecular complexity index is 1230. The fraction of sp³-hybridized carbons (Fsp3) is 0.150. The molecule has 13 heteroatoms. The van der Waals surface area contributed by atoms with E-state index in [1.807, 2.05) is 0 Å². The Hall–Kier alpha value is -4.16. The van der Waals surface area contributed by atoms with Crippen LogP contribution in [0.15, 0.2) is 46.8 Å². The predicted molar refractivity (Wildman–Crippen MR) is 112 cm³/mol. The Morgan fingerprint density at radius 3 is 2.39 bits per heavy atom. The van der Waals surface area contributed by atoms with Crippen molar-refractivity contribution < 1.29 is 22.0 Å². The highest BCUT2D eigenvalue weighted by molar-refractivity contribution is 6.33. The molecular formula is C20H17F5N8. The van der Waals surface area contributed by atoms with Gasteiger partial charge in [-0.15, -0.1) is 0 Å². The van der Waals surface area contributed by atoms with Gasteiger partial charge in [-0.3, -0.25) is 10.4 Å². The number of hydrogen-bond donors (Lipinski definition) is 4. The van der Waals surface area contributed by atoms with Gasteiger partial charge in [0.2, 0.25) is 5.82 Å². The number of H-pyrrole nitrogens is 1. The number of alkyl halides is 3. The molecule has 33 heavy (non-hydrogen) atoms. The SMILES string of the molecule is CC(C(C=Nc1ccc(F)cc1F)=NN)c1cc(-c2cnc(C(F)(F)F)nc2)c(C(=N)N)[nH]1. The van der Waals surface area contributed by atoms with E-state index in [1.54, 1.807) is 6.92 Å². The molecule has 1 unspecified atom stereocenters. The van der Waals surface area contributed by atoms with Crippen molar-refractivity contribution in [2.45, 2.75) is 19.0 Å². The Labute approximate surface area is 183 Å². The van der Waals surface area contributed by atoms with Crippen LogP contribution >= 0.6 is 0 Å². The third-order valence-electron chi connectivity index (χ3n) is 4.63. The van der Waals surface area contributed by atoms with Gasteiger partial charge < -0.3 is 16.6 Å². The maximum atomic E-state index is 13.8. The van der Waals surface area contributed by atoms with Gasteiger partial charge in [0, 0.05) is 41.2 Å². The van der Waals surface area contributed by atoms with E-state index in [0.29, 0.717) is 11.8 Å². The summed E-state index contributed by atoms with van der Waals surface area (Å²) >= 11 is 0. The Morgan fingerprint density at radius 2 is 1.85 bits per heavy atom. The van der Waals surface area contributed by atoms with E-state index in [4.69, 9.17) is 17.0 Å². The smallest absolute Gasteiger partial charge is 0.382 e. The lowest BCUT2D eigenvalue weighted by atomic mass is 10.0. The van der Waals surface area contributed by atoms with Gasteiger partial charge >= 0.3 is 6.18 Å². The molecule has 0 aliphatic rings. The van der Waals surface area contributed by atoms with E-state index in [-0.39, 0.29) is 34.1 Å². The molecule has 0 aliphatic carbocycles. The molecule has 2 heterocycles. The minimum atomic E-state index is -4.70. The summed E-state index contributed by atoms with van der Waals surface area (Å²) in [6.45, 7) is 1.67. The van der Waals surface area contributed by atoms with Crippen LogP contribution in [0.1, 0.15) is 30.1 Å². The number of nitrogens with zero attached hydrogens (tertiary/aromatic N) is 4. The van der Waals surface area contributed by atoms with E-state index in [9.17, 15) is 22.0 Å². The first kappa shape index (κ1) is 23.5. The van der Waals surface area contributed by atoms with Crippen LogP contribution in [-0.4, -0.2) is 32.7 Å². The van der Waals surface area contributed by atoms with Crippen LogP contribution in [-0.2, 0) is 6.18 Å². The molecule has 0 fully saturated rings. The number of hydrazone groups is 1. The molecule has 3 rings (SSSR count). The number of amidine groups is 1. The van der Waals surface area contributed by atoms with Crippen LogP contribution in [0.4, 0.5) is 27.6 Å². The first-order chi connectivity index (χ1) is 15.5. The molecule has 172 valence electrons. The Balaban J connectivity index is 1.94. The largest absolute Gasteiger partial charge is 0.451 e. The number of aliphatic imine (C=N–C) groups is 1. The minimum absolute atomic E-state index is 0.123.